The van der Waals surface area contributed by atoms with E-state index in [2.05, 4.69) is 0 Å². The van der Waals surface area contributed by atoms with E-state index in [1.807, 2.05) is 5.32 Å². The Hall–Kier alpha value is -0.560. The fraction of sp³-hybridized carbons (Fsp3) is 0.800. The number of carbonyl (C=O) groups is 1. The molecule has 0 aliphatic heterocycles. The number of aliphatic hydroxyl groups excluding tert-OH is 3. The van der Waals surface area contributed by atoms with E-state index in [9.17, 15) is 4.79 Å². The maximum atomic E-state index is 10.3. The van der Waals surface area contributed by atoms with E-state index in [1.165, 1.54) is 0 Å². The number of rotatable bonds is 4. The van der Waals surface area contributed by atoms with Crippen molar-refractivity contribution in [2.45, 2.75) is 5.54 Å². The summed E-state index contributed by atoms with van der Waals surface area (Å²) in [6, 6.07) is -0.901. The van der Waals surface area contributed by atoms with Gasteiger partial charge in [-0.05, 0) is 0 Å². The van der Waals surface area contributed by atoms with Crippen molar-refractivity contribution in [2.75, 3.05) is 19.8 Å². The highest BCUT2D eigenvalue weighted by atomic mass is 35.5. The van der Waals surface area contributed by atoms with Crippen molar-refractivity contribution < 1.29 is 20.1 Å². The number of amides is 2. The van der Waals surface area contributed by atoms with Crippen molar-refractivity contribution in [3.8, 4) is 0 Å². The predicted molar refractivity (Wildman–Crippen MR) is 44.0 cm³/mol. The van der Waals surface area contributed by atoms with Gasteiger partial charge in [0.2, 0.25) is 0 Å². The molecule has 2 amide bonds. The van der Waals surface area contributed by atoms with E-state index in [0.29, 0.717) is 0 Å². The summed E-state index contributed by atoms with van der Waals surface area (Å²) in [6.45, 7) is -1.70. The number of aliphatic hydroxyl groups is 3. The molecule has 6 N–H and O–H groups in total. The second-order valence-electron chi connectivity index (χ2n) is 2.24. The molecule has 0 saturated carbocycles. The number of hydrogen-bond donors (Lipinski definition) is 5. The number of urea groups is 1. The zero-order valence-corrected chi connectivity index (χ0v) is 7.17. The van der Waals surface area contributed by atoms with Crippen molar-refractivity contribution in [2.24, 2.45) is 5.73 Å². The molecule has 0 aliphatic rings. The van der Waals surface area contributed by atoms with Gasteiger partial charge in [-0.1, -0.05) is 0 Å². The van der Waals surface area contributed by atoms with Crippen molar-refractivity contribution >= 4 is 18.4 Å². The SMILES string of the molecule is Cl.NC(=O)NC(CO)(CO)CO. The molecule has 0 saturated heterocycles. The first-order valence-corrected chi connectivity index (χ1v) is 3.00. The first-order chi connectivity index (χ1) is 5.10. The average Bonchev–Trinajstić information content (AvgIpc) is 2.00. The Bertz CT molecular complexity index is 131. The second kappa shape index (κ2) is 6.01. The van der Waals surface area contributed by atoms with E-state index in [4.69, 9.17) is 21.1 Å². The van der Waals surface area contributed by atoms with Crippen LogP contribution in [0.5, 0.6) is 0 Å². The number of carbonyl (C=O) groups excluding carboxylic acids is 1. The van der Waals surface area contributed by atoms with Crippen LogP contribution in [0.25, 0.3) is 0 Å². The van der Waals surface area contributed by atoms with Crippen LogP contribution >= 0.6 is 12.4 Å². The fourth-order valence-corrected chi connectivity index (χ4v) is 0.530. The molecule has 74 valence electrons. The lowest BCUT2D eigenvalue weighted by molar-refractivity contribution is 0.0502. The molecule has 0 aromatic heterocycles. The van der Waals surface area contributed by atoms with Gasteiger partial charge in [0.25, 0.3) is 0 Å². The maximum absolute atomic E-state index is 10.3. The molecule has 0 heterocycles. The lowest BCUT2D eigenvalue weighted by atomic mass is 10.0. The summed E-state index contributed by atoms with van der Waals surface area (Å²) in [7, 11) is 0. The maximum Gasteiger partial charge on any atom is 0.312 e. The minimum atomic E-state index is -1.41. The first-order valence-electron chi connectivity index (χ1n) is 3.00. The van der Waals surface area contributed by atoms with Gasteiger partial charge in [0, 0.05) is 0 Å². The molecule has 12 heavy (non-hydrogen) atoms. The molecular formula is C5H13ClN2O4. The van der Waals surface area contributed by atoms with Crippen molar-refractivity contribution in [1.29, 1.82) is 0 Å². The lowest BCUT2D eigenvalue weighted by Gasteiger charge is -2.27. The molecule has 0 spiro atoms. The molecular weight excluding hydrogens is 188 g/mol. The highest BCUT2D eigenvalue weighted by molar-refractivity contribution is 5.85. The summed E-state index contributed by atoms with van der Waals surface area (Å²) >= 11 is 0. The zero-order valence-electron chi connectivity index (χ0n) is 6.36. The van der Waals surface area contributed by atoms with Gasteiger partial charge in [-0.2, -0.15) is 0 Å². The van der Waals surface area contributed by atoms with Gasteiger partial charge >= 0.3 is 6.03 Å². The normalized spacial score (nSPS) is 10.2. The summed E-state index contributed by atoms with van der Waals surface area (Å²) in [5, 5.41) is 27.9. The van der Waals surface area contributed by atoms with Crippen molar-refractivity contribution in [3.05, 3.63) is 0 Å². The van der Waals surface area contributed by atoms with Crippen LogP contribution < -0.4 is 11.1 Å². The third-order valence-corrected chi connectivity index (χ3v) is 1.30. The highest BCUT2D eigenvalue weighted by Gasteiger charge is 2.28. The van der Waals surface area contributed by atoms with Crippen LogP contribution in [0.15, 0.2) is 0 Å². The Labute approximate surface area is 75.8 Å². The van der Waals surface area contributed by atoms with E-state index in [-0.39, 0.29) is 12.4 Å². The summed E-state index contributed by atoms with van der Waals surface area (Å²) in [5.41, 5.74) is 3.31. The molecule has 0 atom stereocenters. The molecule has 0 aliphatic carbocycles. The molecule has 6 nitrogen and oxygen atoms in total. The lowest BCUT2D eigenvalue weighted by Crippen LogP contribution is -2.58. The third-order valence-electron chi connectivity index (χ3n) is 1.30. The average molecular weight is 201 g/mol. The van der Waals surface area contributed by atoms with Gasteiger partial charge in [-0.15, -0.1) is 12.4 Å². The molecule has 0 bridgehead atoms. The van der Waals surface area contributed by atoms with Gasteiger partial charge < -0.3 is 26.4 Å². The van der Waals surface area contributed by atoms with Gasteiger partial charge in [0.05, 0.1) is 19.8 Å². The topological polar surface area (TPSA) is 116 Å². The monoisotopic (exact) mass is 200 g/mol. The van der Waals surface area contributed by atoms with E-state index in [0.717, 1.165) is 0 Å². The number of nitrogens with two attached hydrogens (primary N) is 1. The van der Waals surface area contributed by atoms with Crippen LogP contribution in [0.3, 0.4) is 0 Å². The van der Waals surface area contributed by atoms with Crippen LogP contribution in [-0.2, 0) is 0 Å². The molecule has 0 aromatic rings. The quantitative estimate of drug-likeness (QED) is 0.354. The largest absolute Gasteiger partial charge is 0.394 e. The number of nitrogens with one attached hydrogen (secondary N) is 1. The second-order valence-corrected chi connectivity index (χ2v) is 2.24. The Morgan fingerprint density at radius 2 is 1.58 bits per heavy atom. The Balaban J connectivity index is 0. The Morgan fingerprint density at radius 3 is 1.67 bits per heavy atom. The van der Waals surface area contributed by atoms with E-state index < -0.39 is 31.4 Å². The smallest absolute Gasteiger partial charge is 0.312 e. The number of primary amides is 1. The predicted octanol–water partition coefficient (Wildman–Crippen LogP) is -2.21. The molecule has 0 aromatic carbocycles. The van der Waals surface area contributed by atoms with Crippen molar-refractivity contribution in [1.82, 2.24) is 5.32 Å². The highest BCUT2D eigenvalue weighted by Crippen LogP contribution is 1.99. The first kappa shape index (κ1) is 14.0. The summed E-state index contributed by atoms with van der Waals surface area (Å²) < 4.78 is 0. The van der Waals surface area contributed by atoms with Gasteiger partial charge in [-0.3, -0.25) is 0 Å². The van der Waals surface area contributed by atoms with Crippen molar-refractivity contribution in [3.63, 3.8) is 0 Å². The number of hydrogen-bond acceptors (Lipinski definition) is 4. The standard InChI is InChI=1S/C5H12N2O4.ClH/c6-4(11)7-5(1-8,2-9)3-10;/h8-10H,1-3H2,(H3,6,7,11);1H. The van der Waals surface area contributed by atoms with Crippen LogP contribution in [0, 0.1) is 0 Å². The van der Waals surface area contributed by atoms with Gasteiger partial charge in [0.15, 0.2) is 0 Å². The van der Waals surface area contributed by atoms with Crippen LogP contribution in [0.4, 0.5) is 4.79 Å². The van der Waals surface area contributed by atoms with Crippen LogP contribution in [-0.4, -0.2) is 46.7 Å². The molecule has 0 fully saturated rings. The Morgan fingerprint density at radius 1 is 1.25 bits per heavy atom. The summed E-state index contributed by atoms with van der Waals surface area (Å²) in [6.07, 6.45) is 0. The summed E-state index contributed by atoms with van der Waals surface area (Å²) in [5.74, 6) is 0. The molecule has 7 heteroatoms. The number of halogens is 1. The van der Waals surface area contributed by atoms with E-state index >= 15 is 0 Å². The van der Waals surface area contributed by atoms with Gasteiger partial charge in [0.1, 0.15) is 5.54 Å². The van der Waals surface area contributed by atoms with Crippen LogP contribution in [0.2, 0.25) is 0 Å². The Kier molecular flexibility index (Phi) is 7.01. The molecule has 0 rings (SSSR count). The zero-order chi connectivity index (χ0) is 8.91. The minimum absolute atomic E-state index is 0. The molecule has 0 unspecified atom stereocenters. The third kappa shape index (κ3) is 3.72. The molecule has 0 radical (unpaired) electrons. The fourth-order valence-electron chi connectivity index (χ4n) is 0.530. The summed E-state index contributed by atoms with van der Waals surface area (Å²) in [4.78, 5) is 10.3. The van der Waals surface area contributed by atoms with Gasteiger partial charge in [-0.25, -0.2) is 4.79 Å². The minimum Gasteiger partial charge on any atom is -0.394 e. The van der Waals surface area contributed by atoms with Crippen LogP contribution in [0.1, 0.15) is 0 Å². The van der Waals surface area contributed by atoms with E-state index in [1.54, 1.807) is 0 Å².